The van der Waals surface area contributed by atoms with Crippen LogP contribution in [0.15, 0.2) is 60.7 Å². The maximum Gasteiger partial charge on any atom is 0.243 e. The Morgan fingerprint density at radius 3 is 1.79 bits per heavy atom. The molecular formula is C40H58ClN5O7. The molecule has 4 amide bonds. The van der Waals surface area contributed by atoms with Crippen molar-refractivity contribution in [3.05, 3.63) is 71.8 Å². The first-order valence-electron chi connectivity index (χ1n) is 18.6. The molecule has 0 bridgehead atoms. The van der Waals surface area contributed by atoms with E-state index in [2.05, 4.69) is 21.3 Å². The van der Waals surface area contributed by atoms with Crippen molar-refractivity contribution in [3.63, 3.8) is 0 Å². The molecular weight excluding hydrogens is 698 g/mol. The lowest BCUT2D eigenvalue weighted by Gasteiger charge is -2.30. The number of carbonyl (C=O) groups excluding carboxylic acids is 5. The van der Waals surface area contributed by atoms with Gasteiger partial charge in [-0.25, -0.2) is 0 Å². The smallest absolute Gasteiger partial charge is 0.243 e. The van der Waals surface area contributed by atoms with Crippen molar-refractivity contribution in [2.45, 2.75) is 96.5 Å². The highest BCUT2D eigenvalue weighted by atomic mass is 35.5. The topological polar surface area (TPSA) is 166 Å². The molecule has 13 heteroatoms. The van der Waals surface area contributed by atoms with E-state index in [1.165, 1.54) is 6.92 Å². The molecule has 2 aromatic carbocycles. The first-order valence-corrected chi connectivity index (χ1v) is 19.1. The summed E-state index contributed by atoms with van der Waals surface area (Å²) in [5.41, 5.74) is -0.102. The van der Waals surface area contributed by atoms with Gasteiger partial charge in [-0.3, -0.25) is 28.9 Å². The Kier molecular flexibility index (Phi) is 17.9. The van der Waals surface area contributed by atoms with E-state index in [0.29, 0.717) is 39.1 Å². The van der Waals surface area contributed by atoms with Gasteiger partial charge >= 0.3 is 0 Å². The highest BCUT2D eigenvalue weighted by Gasteiger charge is 2.38. The summed E-state index contributed by atoms with van der Waals surface area (Å²) < 4.78 is 5.39. The summed E-state index contributed by atoms with van der Waals surface area (Å²) in [7, 11) is 0. The lowest BCUT2D eigenvalue weighted by Crippen LogP contribution is -2.60. The number of rotatable bonds is 21. The molecule has 1 fully saturated rings. The number of Topliss-reactive ketones (excluding diaryl/α,β-unsaturated/α-hetero) is 1. The molecule has 0 saturated carbocycles. The van der Waals surface area contributed by atoms with Gasteiger partial charge < -0.3 is 31.1 Å². The average Bonchev–Trinajstić information content (AvgIpc) is 3.12. The van der Waals surface area contributed by atoms with Gasteiger partial charge in [0.25, 0.3) is 0 Å². The molecule has 0 radical (unpaired) electrons. The number of alkyl halides is 1. The molecule has 5 atom stereocenters. The van der Waals surface area contributed by atoms with Crippen molar-refractivity contribution in [1.82, 2.24) is 26.2 Å². The Balaban J connectivity index is 1.84. The Labute approximate surface area is 319 Å². The van der Waals surface area contributed by atoms with Gasteiger partial charge in [0.05, 0.1) is 31.7 Å². The lowest BCUT2D eigenvalue weighted by atomic mass is 9.90. The minimum atomic E-state index is -1.87. The third-order valence-corrected chi connectivity index (χ3v) is 9.59. The zero-order valence-electron chi connectivity index (χ0n) is 31.7. The minimum Gasteiger partial charge on any atom is -0.381 e. The van der Waals surface area contributed by atoms with E-state index in [-0.39, 0.29) is 49.4 Å². The van der Waals surface area contributed by atoms with Gasteiger partial charge in [-0.05, 0) is 55.6 Å². The van der Waals surface area contributed by atoms with Crippen molar-refractivity contribution >= 4 is 41.0 Å². The fourth-order valence-electron chi connectivity index (χ4n) is 6.15. The molecule has 5 N–H and O–H groups in total. The van der Waals surface area contributed by atoms with Crippen LogP contribution in [0.25, 0.3) is 0 Å². The standard InChI is InChI=1S/C40H58ClN5O7/c1-27(2)22-32(36(48)40(5,52)26-41)43-39(51)34(24-30-14-10-7-11-15-30)45-38(50)33(23-28(3)4)44-37(49)31(17-16-29-12-8-6-9-13-29)42-35(47)25-46-18-20-53-21-19-46/h6-15,27-28,31-34,52H,16-26H2,1-5H3,(H,42,47)(H,43,51)(H,44,49)(H,45,50)/t31?,32-,33?,34?,40?/m0/s1. The minimum absolute atomic E-state index is 0.00706. The van der Waals surface area contributed by atoms with E-state index in [9.17, 15) is 29.1 Å². The maximum atomic E-state index is 14.1. The van der Waals surface area contributed by atoms with Crippen LogP contribution in [0.5, 0.6) is 0 Å². The van der Waals surface area contributed by atoms with E-state index in [1.54, 1.807) is 0 Å². The van der Waals surface area contributed by atoms with Gasteiger partial charge in [0.1, 0.15) is 23.7 Å². The molecule has 1 saturated heterocycles. The molecule has 1 aliphatic heterocycles. The molecule has 2 aromatic rings. The number of hydrogen-bond acceptors (Lipinski definition) is 8. The molecule has 0 aliphatic carbocycles. The molecule has 0 spiro atoms. The monoisotopic (exact) mass is 755 g/mol. The SMILES string of the molecule is CC(C)CC(NC(=O)C(CCc1ccccc1)NC(=O)CN1CCOCC1)C(=O)NC(Cc1ccccc1)C(=O)N[C@@H](CC(C)C)C(=O)C(C)(O)CCl. The number of ether oxygens (including phenoxy) is 1. The van der Waals surface area contributed by atoms with Crippen molar-refractivity contribution in [3.8, 4) is 0 Å². The average molecular weight is 756 g/mol. The number of benzene rings is 2. The highest BCUT2D eigenvalue weighted by molar-refractivity contribution is 6.21. The molecule has 3 rings (SSSR count). The molecule has 1 heterocycles. The van der Waals surface area contributed by atoms with Crippen molar-refractivity contribution in [2.75, 3.05) is 38.7 Å². The number of nitrogens with one attached hydrogen (secondary N) is 4. The summed E-state index contributed by atoms with van der Waals surface area (Å²) in [6.45, 7) is 11.3. The Morgan fingerprint density at radius 1 is 0.736 bits per heavy atom. The molecule has 0 aromatic heterocycles. The van der Waals surface area contributed by atoms with Crippen LogP contribution < -0.4 is 21.3 Å². The van der Waals surface area contributed by atoms with Crippen LogP contribution in [0, 0.1) is 11.8 Å². The summed E-state index contributed by atoms with van der Waals surface area (Å²) >= 11 is 5.90. The van der Waals surface area contributed by atoms with Crippen molar-refractivity contribution in [1.29, 1.82) is 0 Å². The number of nitrogens with zero attached hydrogens (tertiary/aromatic N) is 1. The van der Waals surface area contributed by atoms with E-state index in [0.717, 1.165) is 11.1 Å². The van der Waals surface area contributed by atoms with Crippen molar-refractivity contribution in [2.24, 2.45) is 11.8 Å². The zero-order chi connectivity index (χ0) is 39.0. The van der Waals surface area contributed by atoms with Crippen LogP contribution in [0.3, 0.4) is 0 Å². The third kappa shape index (κ3) is 15.2. The number of aryl methyl sites for hydroxylation is 1. The number of carbonyl (C=O) groups is 5. The second-order valence-electron chi connectivity index (χ2n) is 14.9. The predicted octanol–water partition coefficient (Wildman–Crippen LogP) is 2.78. The quantitative estimate of drug-likeness (QED) is 0.121. The van der Waals surface area contributed by atoms with Crippen molar-refractivity contribution < 1.29 is 33.8 Å². The Hall–Kier alpha value is -3.84. The molecule has 12 nitrogen and oxygen atoms in total. The number of morpholine rings is 1. The van der Waals surface area contributed by atoms with Gasteiger partial charge in [0.2, 0.25) is 23.6 Å². The van der Waals surface area contributed by atoms with Gasteiger partial charge in [0, 0.05) is 19.5 Å². The van der Waals surface area contributed by atoms with Crippen LogP contribution in [0.2, 0.25) is 0 Å². The lowest BCUT2D eigenvalue weighted by molar-refractivity contribution is -0.139. The summed E-state index contributed by atoms with van der Waals surface area (Å²) in [6, 6.07) is 14.6. The molecule has 1 aliphatic rings. The fraction of sp³-hybridized carbons (Fsp3) is 0.575. The van der Waals surface area contributed by atoms with E-state index in [4.69, 9.17) is 16.3 Å². The summed E-state index contributed by atoms with van der Waals surface area (Å²) in [4.78, 5) is 70.4. The maximum absolute atomic E-state index is 14.1. The van der Waals surface area contributed by atoms with Crippen LogP contribution in [-0.4, -0.2) is 108 Å². The summed E-state index contributed by atoms with van der Waals surface area (Å²) in [6.07, 6.45) is 1.43. The van der Waals surface area contributed by atoms with Crippen LogP contribution in [0.4, 0.5) is 0 Å². The number of ketones is 1. The largest absolute Gasteiger partial charge is 0.381 e. The van der Waals surface area contributed by atoms with E-state index < -0.39 is 53.3 Å². The summed E-state index contributed by atoms with van der Waals surface area (Å²) in [5.74, 6) is -3.00. The molecule has 292 valence electrons. The Bertz CT molecular complexity index is 1470. The molecule has 4 unspecified atom stereocenters. The van der Waals surface area contributed by atoms with Gasteiger partial charge in [-0.2, -0.15) is 0 Å². The number of amides is 4. The number of halogens is 1. The first-order chi connectivity index (χ1) is 25.2. The number of aliphatic hydroxyl groups is 1. The second kappa shape index (κ2) is 21.8. The molecule has 53 heavy (non-hydrogen) atoms. The van der Waals surface area contributed by atoms with Crippen LogP contribution in [0.1, 0.15) is 65.0 Å². The first kappa shape index (κ1) is 43.6. The normalized spacial score (nSPS) is 16.8. The van der Waals surface area contributed by atoms with E-state index >= 15 is 0 Å². The van der Waals surface area contributed by atoms with Gasteiger partial charge in [0.15, 0.2) is 5.78 Å². The van der Waals surface area contributed by atoms with Gasteiger partial charge in [-0.1, -0.05) is 88.4 Å². The zero-order valence-corrected chi connectivity index (χ0v) is 32.5. The van der Waals surface area contributed by atoms with Gasteiger partial charge in [-0.15, -0.1) is 11.6 Å². The van der Waals surface area contributed by atoms with E-state index in [1.807, 2.05) is 93.3 Å². The van der Waals surface area contributed by atoms with Crippen LogP contribution in [-0.2, 0) is 41.6 Å². The predicted molar refractivity (Wildman–Crippen MR) is 205 cm³/mol. The fourth-order valence-corrected chi connectivity index (χ4v) is 6.28. The highest BCUT2D eigenvalue weighted by Crippen LogP contribution is 2.17. The second-order valence-corrected chi connectivity index (χ2v) is 15.2. The number of hydrogen-bond donors (Lipinski definition) is 5. The Morgan fingerprint density at radius 2 is 1.23 bits per heavy atom. The third-order valence-electron chi connectivity index (χ3n) is 9.07. The summed E-state index contributed by atoms with van der Waals surface area (Å²) in [5, 5.41) is 22.1. The van der Waals surface area contributed by atoms with Crippen LogP contribution >= 0.6 is 11.6 Å².